The van der Waals surface area contributed by atoms with Crippen LogP contribution in [0.3, 0.4) is 0 Å². The monoisotopic (exact) mass is 601 g/mol. The van der Waals surface area contributed by atoms with E-state index in [1.165, 1.54) is 57.4 Å². The van der Waals surface area contributed by atoms with Gasteiger partial charge in [-0.25, -0.2) is 0 Å². The molecule has 0 radical (unpaired) electrons. The van der Waals surface area contributed by atoms with Gasteiger partial charge in [0, 0.05) is 0 Å². The van der Waals surface area contributed by atoms with Crippen LogP contribution in [-0.4, -0.2) is 37.9 Å². The Bertz CT molecular complexity index is 900. The molecular weight excluding hydrogens is 549 g/mol. The van der Waals surface area contributed by atoms with Crippen molar-refractivity contribution in [1.82, 2.24) is 5.32 Å². The van der Waals surface area contributed by atoms with E-state index in [9.17, 15) is 4.79 Å². The average Bonchev–Trinajstić information content (AvgIpc) is 2.93. The Kier molecular flexibility index (Phi) is 13.4. The van der Waals surface area contributed by atoms with E-state index < -0.39 is 18.4 Å². The molecule has 0 unspecified atom stereocenters. The number of hydrogen-bond acceptors (Lipinski definition) is 2. The molecule has 0 heterocycles. The molecule has 2 rings (SSSR count). The number of carbonyl (C=O) groups excluding carboxylic acids is 1. The fourth-order valence-corrected chi connectivity index (χ4v) is 21.8. The zero-order valence-electron chi connectivity index (χ0n) is 23.9. The quantitative estimate of drug-likeness (QED) is 0.186. The van der Waals surface area contributed by atoms with E-state index in [0.717, 1.165) is 12.8 Å². The molecule has 2 aromatic rings. The van der Waals surface area contributed by atoms with Gasteiger partial charge in [0.15, 0.2) is 0 Å². The number of carbonyl (C=O) groups is 1. The molecule has 3 nitrogen and oxygen atoms in total. The van der Waals surface area contributed by atoms with Crippen LogP contribution in [0, 0.1) is 0 Å². The summed E-state index contributed by atoms with van der Waals surface area (Å²) in [6.07, 6.45) is 9.99. The predicted molar refractivity (Wildman–Crippen MR) is 159 cm³/mol. The summed E-state index contributed by atoms with van der Waals surface area (Å²) >= 11 is -2.53. The SMILES string of the molecule is CCC[CH2][Sn]([CH2]CCC)([CH2]CCC)[c]1cccc(C(CC)(CC)CNC(=O)c2ccccc2OC)c1. The number of nitrogens with one attached hydrogen (secondary N) is 1. The van der Waals surface area contributed by atoms with Gasteiger partial charge in [0.05, 0.1) is 0 Å². The summed E-state index contributed by atoms with van der Waals surface area (Å²) in [5, 5.41) is 3.27. The van der Waals surface area contributed by atoms with Crippen molar-refractivity contribution in [3.63, 3.8) is 0 Å². The molecule has 0 fully saturated rings. The number of hydrogen-bond donors (Lipinski definition) is 1. The number of rotatable bonds is 17. The van der Waals surface area contributed by atoms with Gasteiger partial charge in [-0.2, -0.15) is 0 Å². The van der Waals surface area contributed by atoms with Crippen LogP contribution in [0.1, 0.15) is 102 Å². The normalized spacial score (nSPS) is 11.9. The molecule has 36 heavy (non-hydrogen) atoms. The molecular formula is C32H51NO2Sn. The molecule has 4 heteroatoms. The molecule has 1 amide bonds. The fraction of sp³-hybridized carbons (Fsp3) is 0.594. The van der Waals surface area contributed by atoms with Crippen molar-refractivity contribution in [3.05, 3.63) is 59.7 Å². The minimum absolute atomic E-state index is 0.0581. The van der Waals surface area contributed by atoms with Crippen molar-refractivity contribution in [2.75, 3.05) is 13.7 Å². The van der Waals surface area contributed by atoms with Crippen molar-refractivity contribution < 1.29 is 9.53 Å². The molecule has 0 saturated carbocycles. The Morgan fingerprint density at radius 3 is 1.94 bits per heavy atom. The van der Waals surface area contributed by atoms with Gasteiger partial charge in [-0.1, -0.05) is 0 Å². The predicted octanol–water partition coefficient (Wildman–Crippen LogP) is 8.24. The molecule has 200 valence electrons. The molecule has 1 N–H and O–H groups in total. The van der Waals surface area contributed by atoms with E-state index in [4.69, 9.17) is 4.74 Å². The molecule has 0 spiro atoms. The van der Waals surface area contributed by atoms with E-state index in [1.54, 1.807) is 10.7 Å². The summed E-state index contributed by atoms with van der Waals surface area (Å²) < 4.78 is 11.6. The molecule has 0 aromatic heterocycles. The third-order valence-electron chi connectivity index (χ3n) is 8.41. The van der Waals surface area contributed by atoms with Gasteiger partial charge in [0.2, 0.25) is 0 Å². The maximum absolute atomic E-state index is 13.1. The van der Waals surface area contributed by atoms with Gasteiger partial charge < -0.3 is 0 Å². The van der Waals surface area contributed by atoms with E-state index >= 15 is 0 Å². The van der Waals surface area contributed by atoms with Crippen molar-refractivity contribution in [2.45, 2.75) is 105 Å². The van der Waals surface area contributed by atoms with Crippen LogP contribution < -0.4 is 13.6 Å². The van der Waals surface area contributed by atoms with E-state index in [1.807, 2.05) is 24.3 Å². The first-order valence-corrected chi connectivity index (χ1v) is 22.0. The van der Waals surface area contributed by atoms with Crippen molar-refractivity contribution >= 4 is 27.9 Å². The summed E-state index contributed by atoms with van der Waals surface area (Å²) in [6.45, 7) is 12.2. The second-order valence-corrected chi connectivity index (χ2v) is 23.8. The van der Waals surface area contributed by atoms with E-state index in [2.05, 4.69) is 64.2 Å². The minimum atomic E-state index is -2.53. The van der Waals surface area contributed by atoms with Crippen LogP contribution in [0.25, 0.3) is 0 Å². The second-order valence-electron chi connectivity index (χ2n) is 10.5. The summed E-state index contributed by atoms with van der Waals surface area (Å²) in [6, 6.07) is 17.2. The first-order chi connectivity index (χ1) is 17.5. The van der Waals surface area contributed by atoms with Gasteiger partial charge in [0.1, 0.15) is 0 Å². The fourth-order valence-electron chi connectivity index (χ4n) is 5.72. The van der Waals surface area contributed by atoms with Crippen LogP contribution >= 0.6 is 0 Å². The summed E-state index contributed by atoms with van der Waals surface area (Å²) in [5.41, 5.74) is 1.95. The molecule has 0 atom stereocenters. The first-order valence-electron chi connectivity index (χ1n) is 14.5. The molecule has 0 bridgehead atoms. The maximum atomic E-state index is 13.1. The standard InChI is InChI=1S/C20H24NO2.3C4H9.Sn/c1-4-20(5-2,16-11-7-6-8-12-16)15-21-19(22)17-13-9-10-14-18(17)23-3;3*1-3-4-2;/h6-7,9-14H,4-5,15H2,1-3H3,(H,21,22);3*1,3-4H2,2H3;. The van der Waals surface area contributed by atoms with E-state index in [-0.39, 0.29) is 11.3 Å². The van der Waals surface area contributed by atoms with Crippen LogP contribution in [-0.2, 0) is 5.41 Å². The van der Waals surface area contributed by atoms with Gasteiger partial charge in [0.25, 0.3) is 0 Å². The van der Waals surface area contributed by atoms with Gasteiger partial charge >= 0.3 is 226 Å². The van der Waals surface area contributed by atoms with Crippen molar-refractivity contribution in [3.8, 4) is 5.75 Å². The molecule has 0 aliphatic rings. The van der Waals surface area contributed by atoms with Crippen LogP contribution in [0.15, 0.2) is 48.5 Å². The van der Waals surface area contributed by atoms with Gasteiger partial charge in [-0.05, 0) is 0 Å². The second kappa shape index (κ2) is 15.7. The summed E-state index contributed by atoms with van der Waals surface area (Å²) in [7, 11) is 1.62. The Labute approximate surface area is 225 Å². The molecule has 0 aliphatic carbocycles. The van der Waals surface area contributed by atoms with Crippen molar-refractivity contribution in [1.29, 1.82) is 0 Å². The molecule has 0 aliphatic heterocycles. The topological polar surface area (TPSA) is 38.3 Å². The van der Waals surface area contributed by atoms with Crippen LogP contribution in [0.2, 0.25) is 13.3 Å². The van der Waals surface area contributed by atoms with Gasteiger partial charge in [-0.3, -0.25) is 0 Å². The number of unbranched alkanes of at least 4 members (excludes halogenated alkanes) is 3. The van der Waals surface area contributed by atoms with Gasteiger partial charge in [-0.15, -0.1) is 0 Å². The third kappa shape index (κ3) is 7.76. The number of amides is 1. The third-order valence-corrected chi connectivity index (χ3v) is 24.0. The number of benzene rings is 2. The number of para-hydroxylation sites is 1. The Balaban J connectivity index is 2.41. The van der Waals surface area contributed by atoms with Crippen LogP contribution in [0.5, 0.6) is 5.75 Å². The Hall–Kier alpha value is -1.49. The van der Waals surface area contributed by atoms with Crippen molar-refractivity contribution in [2.24, 2.45) is 0 Å². The Morgan fingerprint density at radius 1 is 0.833 bits per heavy atom. The first kappa shape index (κ1) is 30.7. The molecule has 0 saturated heterocycles. The average molecular weight is 600 g/mol. The molecule has 2 aromatic carbocycles. The Morgan fingerprint density at radius 2 is 1.42 bits per heavy atom. The number of methoxy groups -OCH3 is 1. The number of ether oxygens (including phenoxy) is 1. The van der Waals surface area contributed by atoms with Crippen LogP contribution in [0.4, 0.5) is 0 Å². The summed E-state index contributed by atoms with van der Waals surface area (Å²) in [5.74, 6) is 0.564. The zero-order chi connectivity index (χ0) is 26.4. The van der Waals surface area contributed by atoms with E-state index in [0.29, 0.717) is 17.9 Å². The summed E-state index contributed by atoms with van der Waals surface area (Å²) in [4.78, 5) is 13.1. The zero-order valence-corrected chi connectivity index (χ0v) is 26.8.